The summed E-state index contributed by atoms with van der Waals surface area (Å²) >= 11 is 21.3. The number of thiol groups is 1. The molecule has 1 aromatic rings. The molecule has 0 aliphatic rings. The van der Waals surface area contributed by atoms with Crippen LogP contribution < -0.4 is 0 Å². The van der Waals surface area contributed by atoms with Gasteiger partial charge < -0.3 is 10.2 Å². The molecule has 6 heteroatoms. The maximum atomic E-state index is 9.72. The zero-order valence-electron chi connectivity index (χ0n) is 7.49. The predicted molar refractivity (Wildman–Crippen MR) is 66.3 cm³/mol. The van der Waals surface area contributed by atoms with Crippen LogP contribution in [-0.4, -0.2) is 22.1 Å². The topological polar surface area (TPSA) is 40.5 Å². The molecule has 0 amide bonds. The Morgan fingerprint density at radius 2 is 1.80 bits per heavy atom. The minimum Gasteiger partial charge on any atom is -0.389 e. The van der Waals surface area contributed by atoms with Crippen LogP contribution in [-0.2, 0) is 0 Å². The molecule has 2 N–H and O–H groups in total. The van der Waals surface area contributed by atoms with Crippen LogP contribution in [0.2, 0.25) is 15.1 Å². The first-order valence-electron chi connectivity index (χ1n) is 4.08. The van der Waals surface area contributed by atoms with E-state index in [4.69, 9.17) is 34.8 Å². The molecule has 0 aromatic heterocycles. The lowest BCUT2D eigenvalue weighted by Crippen LogP contribution is -2.20. The van der Waals surface area contributed by atoms with E-state index in [9.17, 15) is 10.2 Å². The van der Waals surface area contributed by atoms with Crippen molar-refractivity contribution >= 4 is 47.4 Å². The van der Waals surface area contributed by atoms with Crippen LogP contribution in [0.5, 0.6) is 0 Å². The van der Waals surface area contributed by atoms with Crippen LogP contribution in [0.25, 0.3) is 0 Å². The van der Waals surface area contributed by atoms with Crippen LogP contribution in [0.15, 0.2) is 12.1 Å². The van der Waals surface area contributed by atoms with E-state index < -0.39 is 12.2 Å². The van der Waals surface area contributed by atoms with Crippen molar-refractivity contribution in [1.82, 2.24) is 0 Å². The van der Waals surface area contributed by atoms with E-state index >= 15 is 0 Å². The molecule has 0 fully saturated rings. The van der Waals surface area contributed by atoms with Gasteiger partial charge in [0.15, 0.2) is 0 Å². The highest BCUT2D eigenvalue weighted by atomic mass is 35.5. The first kappa shape index (κ1) is 13.4. The van der Waals surface area contributed by atoms with Crippen LogP contribution in [0.3, 0.4) is 0 Å². The molecule has 0 heterocycles. The first-order valence-corrected chi connectivity index (χ1v) is 5.85. The molecule has 0 aliphatic carbocycles. The Morgan fingerprint density at radius 3 is 2.33 bits per heavy atom. The Bertz CT molecular complexity index is 359. The highest BCUT2D eigenvalue weighted by Crippen LogP contribution is 2.34. The number of hydrogen-bond acceptors (Lipinski definition) is 3. The smallest absolute Gasteiger partial charge is 0.107 e. The summed E-state index contributed by atoms with van der Waals surface area (Å²) in [6.07, 6.45) is -2.16. The number of halogens is 3. The number of aliphatic hydroxyl groups is 2. The van der Waals surface area contributed by atoms with Gasteiger partial charge in [-0.1, -0.05) is 34.8 Å². The van der Waals surface area contributed by atoms with Gasteiger partial charge in [0.25, 0.3) is 0 Å². The van der Waals surface area contributed by atoms with E-state index in [-0.39, 0.29) is 15.8 Å². The molecule has 0 radical (unpaired) electrons. The fourth-order valence-electron chi connectivity index (χ4n) is 1.10. The largest absolute Gasteiger partial charge is 0.389 e. The lowest BCUT2D eigenvalue weighted by atomic mass is 10.1. The average Bonchev–Trinajstić information content (AvgIpc) is 2.21. The summed E-state index contributed by atoms with van der Waals surface area (Å²) in [6, 6.07) is 2.93. The lowest BCUT2D eigenvalue weighted by Gasteiger charge is -2.18. The molecule has 0 saturated carbocycles. The highest BCUT2D eigenvalue weighted by molar-refractivity contribution is 7.80. The molecule has 1 aromatic carbocycles. The monoisotopic (exact) mass is 286 g/mol. The number of rotatable bonds is 3. The summed E-state index contributed by atoms with van der Waals surface area (Å²) in [5.74, 6) is 0.113. The Kier molecular flexibility index (Phi) is 5.03. The van der Waals surface area contributed by atoms with Crippen molar-refractivity contribution in [3.8, 4) is 0 Å². The molecular weight excluding hydrogens is 279 g/mol. The van der Waals surface area contributed by atoms with E-state index in [1.54, 1.807) is 0 Å². The zero-order chi connectivity index (χ0) is 11.6. The van der Waals surface area contributed by atoms with E-state index in [0.717, 1.165) is 0 Å². The minimum absolute atomic E-state index is 0.113. The fourth-order valence-corrected chi connectivity index (χ4v) is 2.03. The Hall–Kier alpha value is 0.360. The number of hydrogen-bond donors (Lipinski definition) is 3. The van der Waals surface area contributed by atoms with Gasteiger partial charge in [0.2, 0.25) is 0 Å². The van der Waals surface area contributed by atoms with Gasteiger partial charge in [-0.2, -0.15) is 12.6 Å². The lowest BCUT2D eigenvalue weighted by molar-refractivity contribution is 0.0338. The SMILES string of the molecule is OC(CS)C(O)c1cc(Cl)cc(Cl)c1Cl. The van der Waals surface area contributed by atoms with Crippen molar-refractivity contribution in [2.45, 2.75) is 12.2 Å². The van der Waals surface area contributed by atoms with Crippen molar-refractivity contribution in [3.63, 3.8) is 0 Å². The van der Waals surface area contributed by atoms with Gasteiger partial charge in [0.1, 0.15) is 6.10 Å². The maximum Gasteiger partial charge on any atom is 0.107 e. The van der Waals surface area contributed by atoms with Crippen molar-refractivity contribution < 1.29 is 10.2 Å². The average molecular weight is 288 g/mol. The number of aliphatic hydroxyl groups excluding tert-OH is 2. The van der Waals surface area contributed by atoms with Crippen molar-refractivity contribution in [2.24, 2.45) is 0 Å². The minimum atomic E-state index is -1.15. The molecule has 2 unspecified atom stereocenters. The van der Waals surface area contributed by atoms with Gasteiger partial charge >= 0.3 is 0 Å². The molecule has 15 heavy (non-hydrogen) atoms. The summed E-state index contributed by atoms with van der Waals surface area (Å²) in [4.78, 5) is 0. The maximum absolute atomic E-state index is 9.72. The van der Waals surface area contributed by atoms with Crippen LogP contribution in [0.1, 0.15) is 11.7 Å². The normalized spacial score (nSPS) is 15.1. The Morgan fingerprint density at radius 1 is 1.20 bits per heavy atom. The van der Waals surface area contributed by atoms with E-state index in [1.165, 1.54) is 12.1 Å². The summed E-state index contributed by atoms with van der Waals surface area (Å²) in [6.45, 7) is 0. The summed E-state index contributed by atoms with van der Waals surface area (Å²) in [5, 5.41) is 19.9. The second kappa shape index (κ2) is 5.62. The molecule has 84 valence electrons. The second-order valence-corrected chi connectivity index (χ2v) is 4.57. The quantitative estimate of drug-likeness (QED) is 0.591. The molecule has 2 atom stereocenters. The van der Waals surface area contributed by atoms with Gasteiger partial charge in [0.05, 0.1) is 16.1 Å². The summed E-state index contributed by atoms with van der Waals surface area (Å²) in [7, 11) is 0. The van der Waals surface area contributed by atoms with Gasteiger partial charge in [-0.05, 0) is 12.1 Å². The summed E-state index contributed by atoms with van der Waals surface area (Å²) < 4.78 is 0. The van der Waals surface area contributed by atoms with Crippen LogP contribution in [0.4, 0.5) is 0 Å². The molecule has 0 saturated heterocycles. The second-order valence-electron chi connectivity index (χ2n) is 2.99. The van der Waals surface area contributed by atoms with Gasteiger partial charge in [0, 0.05) is 16.3 Å². The van der Waals surface area contributed by atoms with Gasteiger partial charge in [-0.3, -0.25) is 0 Å². The number of benzene rings is 1. The van der Waals surface area contributed by atoms with Gasteiger partial charge in [-0.15, -0.1) is 0 Å². The molecule has 1 rings (SSSR count). The van der Waals surface area contributed by atoms with E-state index in [2.05, 4.69) is 12.6 Å². The van der Waals surface area contributed by atoms with Crippen molar-refractivity contribution in [2.75, 3.05) is 5.75 Å². The van der Waals surface area contributed by atoms with Crippen molar-refractivity contribution in [3.05, 3.63) is 32.8 Å². The first-order chi connectivity index (χ1) is 6.97. The third-order valence-corrected chi connectivity index (χ3v) is 3.30. The third kappa shape index (κ3) is 3.16. The van der Waals surface area contributed by atoms with Crippen LogP contribution in [0, 0.1) is 0 Å². The zero-order valence-corrected chi connectivity index (χ0v) is 10.7. The Labute approximate surface area is 108 Å². The molecular formula is C9H9Cl3O2S. The molecule has 2 nitrogen and oxygen atoms in total. The molecule has 0 aliphatic heterocycles. The van der Waals surface area contributed by atoms with Gasteiger partial charge in [-0.25, -0.2) is 0 Å². The highest BCUT2D eigenvalue weighted by Gasteiger charge is 2.21. The summed E-state index contributed by atoms with van der Waals surface area (Å²) in [5.41, 5.74) is 0.302. The third-order valence-electron chi connectivity index (χ3n) is 1.89. The van der Waals surface area contributed by atoms with E-state index in [1.807, 2.05) is 0 Å². The standard InChI is InChI=1S/C9H9Cl3O2S/c10-4-1-5(8(12)6(11)2-4)9(14)7(13)3-15/h1-2,7,9,13-15H,3H2. The van der Waals surface area contributed by atoms with Crippen LogP contribution >= 0.6 is 47.4 Å². The predicted octanol–water partition coefficient (Wildman–Crippen LogP) is 2.97. The molecule has 0 bridgehead atoms. The van der Waals surface area contributed by atoms with Crippen molar-refractivity contribution in [1.29, 1.82) is 0 Å². The molecule has 0 spiro atoms. The van der Waals surface area contributed by atoms with E-state index in [0.29, 0.717) is 10.6 Å². The fraction of sp³-hybridized carbons (Fsp3) is 0.333. The Balaban J connectivity index is 3.13.